The van der Waals surface area contributed by atoms with E-state index < -0.39 is 11.7 Å². The van der Waals surface area contributed by atoms with Crippen LogP contribution in [-0.4, -0.2) is 22.7 Å². The van der Waals surface area contributed by atoms with Gasteiger partial charge in [-0.15, -0.1) is 0 Å². The van der Waals surface area contributed by atoms with E-state index in [1.807, 2.05) is 24.3 Å². The molecule has 1 aromatic heterocycles. The number of carbonyl (C=O) groups excluding carboxylic acids is 2. The first kappa shape index (κ1) is 15.4. The number of aromatic nitrogens is 1. The summed E-state index contributed by atoms with van der Waals surface area (Å²) >= 11 is 0. The zero-order chi connectivity index (χ0) is 17.1. The zero-order valence-electron chi connectivity index (χ0n) is 14.5. The molecule has 2 bridgehead atoms. The Morgan fingerprint density at radius 1 is 1.21 bits per heavy atom. The molecule has 1 aromatic carbocycles. The second-order valence-electron chi connectivity index (χ2n) is 8.40. The molecule has 1 heterocycles. The molecule has 0 saturated heterocycles. The number of H-pyrrole nitrogens is 1. The van der Waals surface area contributed by atoms with Gasteiger partial charge in [0, 0.05) is 23.1 Å². The first-order valence-electron chi connectivity index (χ1n) is 8.74. The Morgan fingerprint density at radius 3 is 2.67 bits per heavy atom. The van der Waals surface area contributed by atoms with Gasteiger partial charge in [-0.3, -0.25) is 9.59 Å². The maximum atomic E-state index is 12.7. The van der Waals surface area contributed by atoms with E-state index in [1.54, 1.807) is 6.20 Å². The third kappa shape index (κ3) is 2.05. The summed E-state index contributed by atoms with van der Waals surface area (Å²) in [5.74, 6) is -0.294. The van der Waals surface area contributed by atoms with E-state index >= 15 is 0 Å². The van der Waals surface area contributed by atoms with Gasteiger partial charge in [0.1, 0.15) is 0 Å². The Balaban J connectivity index is 1.59. The van der Waals surface area contributed by atoms with Crippen LogP contribution in [0.15, 0.2) is 30.5 Å². The maximum Gasteiger partial charge on any atom is 0.292 e. The van der Waals surface area contributed by atoms with Crippen molar-refractivity contribution in [3.8, 4) is 0 Å². The van der Waals surface area contributed by atoms with E-state index in [0.717, 1.165) is 23.7 Å². The molecule has 2 aliphatic rings. The molecule has 3 unspecified atom stereocenters. The number of aromatic amines is 1. The molecule has 2 aromatic rings. The highest BCUT2D eigenvalue weighted by Crippen LogP contribution is 2.62. The van der Waals surface area contributed by atoms with Gasteiger partial charge in [-0.1, -0.05) is 39.0 Å². The molecule has 0 radical (unpaired) electrons. The maximum absolute atomic E-state index is 12.7. The average Bonchev–Trinajstić information content (AvgIpc) is 3.19. The zero-order valence-corrected chi connectivity index (χ0v) is 14.5. The van der Waals surface area contributed by atoms with Crippen LogP contribution in [0.5, 0.6) is 0 Å². The summed E-state index contributed by atoms with van der Waals surface area (Å²) in [7, 11) is 0. The van der Waals surface area contributed by atoms with E-state index in [2.05, 4.69) is 31.1 Å². The van der Waals surface area contributed by atoms with Gasteiger partial charge in [0.05, 0.1) is 5.56 Å². The fourth-order valence-electron chi connectivity index (χ4n) is 5.24. The van der Waals surface area contributed by atoms with Gasteiger partial charge < -0.3 is 10.3 Å². The summed E-state index contributed by atoms with van der Waals surface area (Å²) in [5, 5.41) is 3.89. The fourth-order valence-corrected chi connectivity index (χ4v) is 5.24. The quantitative estimate of drug-likeness (QED) is 0.668. The van der Waals surface area contributed by atoms with Crippen molar-refractivity contribution in [3.05, 3.63) is 36.0 Å². The minimum atomic E-state index is -0.480. The van der Waals surface area contributed by atoms with Crippen LogP contribution >= 0.6 is 0 Å². The van der Waals surface area contributed by atoms with E-state index in [0.29, 0.717) is 11.5 Å². The smallest absolute Gasteiger partial charge is 0.292 e. The van der Waals surface area contributed by atoms with Gasteiger partial charge in [0.2, 0.25) is 0 Å². The highest BCUT2D eigenvalue weighted by molar-refractivity contribution is 6.45. The number of rotatable bonds is 3. The van der Waals surface area contributed by atoms with Crippen LogP contribution in [0.1, 0.15) is 50.4 Å². The summed E-state index contributed by atoms with van der Waals surface area (Å²) < 4.78 is 0. The summed E-state index contributed by atoms with van der Waals surface area (Å²) in [6.07, 6.45) is 5.14. The third-order valence-electron chi connectivity index (χ3n) is 6.59. The molecule has 24 heavy (non-hydrogen) atoms. The molecule has 2 aliphatic carbocycles. The number of ketones is 1. The summed E-state index contributed by atoms with van der Waals surface area (Å²) in [6.45, 7) is 6.70. The second kappa shape index (κ2) is 4.95. The molecule has 0 spiro atoms. The normalized spacial score (nSPS) is 30.6. The minimum absolute atomic E-state index is 0.0448. The van der Waals surface area contributed by atoms with Gasteiger partial charge in [0.15, 0.2) is 0 Å². The van der Waals surface area contributed by atoms with Crippen LogP contribution in [0.25, 0.3) is 10.9 Å². The van der Waals surface area contributed by atoms with Gasteiger partial charge in [-0.25, -0.2) is 0 Å². The Bertz CT molecular complexity index is 830. The van der Waals surface area contributed by atoms with Crippen molar-refractivity contribution in [3.63, 3.8) is 0 Å². The molecular weight excluding hydrogens is 300 g/mol. The van der Waals surface area contributed by atoms with Crippen LogP contribution in [0.3, 0.4) is 0 Å². The lowest BCUT2D eigenvalue weighted by molar-refractivity contribution is -0.119. The summed E-state index contributed by atoms with van der Waals surface area (Å²) in [6, 6.07) is 7.63. The topological polar surface area (TPSA) is 62.0 Å². The molecule has 2 N–H and O–H groups in total. The number of nitrogens with one attached hydrogen (secondary N) is 2. The second-order valence-corrected chi connectivity index (χ2v) is 8.40. The number of Topliss-reactive ketones (excluding diaryl/α,β-unsaturated/α-hetero) is 1. The summed E-state index contributed by atoms with van der Waals surface area (Å²) in [5.41, 5.74) is 1.49. The van der Waals surface area contributed by atoms with Gasteiger partial charge in [-0.2, -0.15) is 0 Å². The number of hydrogen-bond donors (Lipinski definition) is 2. The molecule has 4 rings (SSSR count). The molecule has 126 valence electrons. The van der Waals surface area contributed by atoms with Gasteiger partial charge in [-0.05, 0) is 42.1 Å². The standard InChI is InChI=1S/C20H24N2O2/c1-19(2)12-8-9-20(3,10-12)18(19)22-17(24)16(23)14-11-21-15-7-5-4-6-13(14)15/h4-7,11-12,18,21H,8-10H2,1-3H3,(H,22,24). The van der Waals surface area contributed by atoms with Crippen LogP contribution < -0.4 is 5.32 Å². The van der Waals surface area contributed by atoms with Crippen molar-refractivity contribution in [1.29, 1.82) is 0 Å². The lowest BCUT2D eigenvalue weighted by Gasteiger charge is -2.42. The number of benzene rings is 1. The Hall–Kier alpha value is -2.10. The molecule has 4 nitrogen and oxygen atoms in total. The number of hydrogen-bond acceptors (Lipinski definition) is 2. The number of fused-ring (bicyclic) bond motifs is 3. The third-order valence-corrected chi connectivity index (χ3v) is 6.59. The van der Waals surface area contributed by atoms with Crippen LogP contribution in [0.4, 0.5) is 0 Å². The lowest BCUT2D eigenvalue weighted by atomic mass is 9.68. The van der Waals surface area contributed by atoms with Crippen LogP contribution in [-0.2, 0) is 4.79 Å². The Morgan fingerprint density at radius 2 is 1.96 bits per heavy atom. The minimum Gasteiger partial charge on any atom is -0.360 e. The number of carbonyl (C=O) groups is 2. The molecular formula is C20H24N2O2. The Kier molecular flexibility index (Phi) is 3.18. The van der Waals surface area contributed by atoms with Crippen molar-refractivity contribution < 1.29 is 9.59 Å². The van der Waals surface area contributed by atoms with E-state index in [1.165, 1.54) is 6.42 Å². The van der Waals surface area contributed by atoms with Crippen LogP contribution in [0, 0.1) is 16.7 Å². The number of amides is 1. The SMILES string of the molecule is CC12CCC(C1)C(C)(C)C2NC(=O)C(=O)c1c[nH]c2ccccc12. The molecule has 1 amide bonds. The first-order chi connectivity index (χ1) is 11.3. The van der Waals surface area contributed by atoms with Crippen molar-refractivity contribution in [2.75, 3.05) is 0 Å². The number of para-hydroxylation sites is 1. The van der Waals surface area contributed by atoms with Crippen molar-refractivity contribution in [1.82, 2.24) is 10.3 Å². The van der Waals surface area contributed by atoms with E-state index in [4.69, 9.17) is 0 Å². The largest absolute Gasteiger partial charge is 0.360 e. The highest BCUT2D eigenvalue weighted by atomic mass is 16.2. The average molecular weight is 324 g/mol. The summed E-state index contributed by atoms with van der Waals surface area (Å²) in [4.78, 5) is 28.4. The van der Waals surface area contributed by atoms with Crippen molar-refractivity contribution in [2.24, 2.45) is 16.7 Å². The molecule has 3 atom stereocenters. The Labute approximate surface area is 142 Å². The molecule has 2 saturated carbocycles. The van der Waals surface area contributed by atoms with Crippen molar-refractivity contribution in [2.45, 2.75) is 46.1 Å². The monoisotopic (exact) mass is 324 g/mol. The predicted molar refractivity (Wildman–Crippen MR) is 93.8 cm³/mol. The van der Waals surface area contributed by atoms with Gasteiger partial charge in [0.25, 0.3) is 11.7 Å². The van der Waals surface area contributed by atoms with E-state index in [9.17, 15) is 9.59 Å². The molecule has 4 heteroatoms. The lowest BCUT2D eigenvalue weighted by Crippen LogP contribution is -2.53. The molecule has 0 aliphatic heterocycles. The van der Waals surface area contributed by atoms with E-state index in [-0.39, 0.29) is 16.9 Å². The van der Waals surface area contributed by atoms with Crippen LogP contribution in [0.2, 0.25) is 0 Å². The van der Waals surface area contributed by atoms with Crippen molar-refractivity contribution >= 4 is 22.6 Å². The highest BCUT2D eigenvalue weighted by Gasteiger charge is 2.59. The fraction of sp³-hybridized carbons (Fsp3) is 0.500. The first-order valence-corrected chi connectivity index (χ1v) is 8.74. The predicted octanol–water partition coefficient (Wildman–Crippen LogP) is 3.68. The van der Waals surface area contributed by atoms with Gasteiger partial charge >= 0.3 is 0 Å². The molecule has 2 fully saturated rings.